The predicted octanol–water partition coefficient (Wildman–Crippen LogP) is 3.70. The highest BCUT2D eigenvalue weighted by atomic mass is 35.5. The second kappa shape index (κ2) is 5.41. The van der Waals surface area contributed by atoms with Gasteiger partial charge in [0, 0.05) is 13.1 Å². The van der Waals surface area contributed by atoms with Gasteiger partial charge in [0.15, 0.2) is 0 Å². The van der Waals surface area contributed by atoms with Crippen molar-refractivity contribution in [3.05, 3.63) is 28.8 Å². The summed E-state index contributed by atoms with van der Waals surface area (Å²) in [5.41, 5.74) is 0.737. The number of phenols is 1. The van der Waals surface area contributed by atoms with E-state index >= 15 is 0 Å². The Labute approximate surface area is 119 Å². The number of phenolic OH excluding ortho intramolecular Hbond substituents is 1. The topological polar surface area (TPSA) is 40.5 Å². The van der Waals surface area contributed by atoms with Gasteiger partial charge >= 0.3 is 0 Å². The first-order chi connectivity index (χ1) is 8.95. The summed E-state index contributed by atoms with van der Waals surface area (Å²) >= 11 is 6.04. The van der Waals surface area contributed by atoms with E-state index in [2.05, 4.69) is 13.8 Å². The molecule has 1 aliphatic rings. The SMILES string of the molecule is CCC1(C)CCN(C(=O)c2cc(O)ccc2Cl)CC1. The number of likely N-dealkylation sites (tertiary alicyclic amines) is 1. The molecule has 0 saturated carbocycles. The summed E-state index contributed by atoms with van der Waals surface area (Å²) in [7, 11) is 0. The third-order valence-corrected chi connectivity index (χ3v) is 4.62. The standard InChI is InChI=1S/C15H20ClNO2/c1-3-15(2)6-8-17(9-7-15)14(19)12-10-11(18)4-5-13(12)16/h4-5,10,18H,3,6-9H2,1-2H3. The number of hydrogen-bond acceptors (Lipinski definition) is 2. The van der Waals surface area contributed by atoms with E-state index in [4.69, 9.17) is 11.6 Å². The van der Waals surface area contributed by atoms with Crippen LogP contribution in [-0.4, -0.2) is 29.0 Å². The molecule has 0 atom stereocenters. The zero-order chi connectivity index (χ0) is 14.0. The van der Waals surface area contributed by atoms with Crippen molar-refractivity contribution in [2.45, 2.75) is 33.1 Å². The number of amides is 1. The van der Waals surface area contributed by atoms with Crippen LogP contribution in [0.3, 0.4) is 0 Å². The molecule has 0 radical (unpaired) electrons. The molecule has 19 heavy (non-hydrogen) atoms. The maximum Gasteiger partial charge on any atom is 0.255 e. The van der Waals surface area contributed by atoms with Crippen molar-refractivity contribution < 1.29 is 9.90 Å². The predicted molar refractivity (Wildman–Crippen MR) is 76.7 cm³/mol. The number of hydrogen-bond donors (Lipinski definition) is 1. The van der Waals surface area contributed by atoms with Crippen LogP contribution in [0.4, 0.5) is 0 Å². The molecule has 104 valence electrons. The van der Waals surface area contributed by atoms with E-state index in [1.165, 1.54) is 12.1 Å². The lowest BCUT2D eigenvalue weighted by Gasteiger charge is -2.39. The van der Waals surface area contributed by atoms with E-state index in [1.54, 1.807) is 6.07 Å². The molecule has 2 rings (SSSR count). The molecule has 1 N–H and O–H groups in total. The molecule has 0 bridgehead atoms. The molecule has 1 heterocycles. The Balaban J connectivity index is 2.11. The summed E-state index contributed by atoms with van der Waals surface area (Å²) in [6, 6.07) is 4.49. The maximum absolute atomic E-state index is 12.4. The zero-order valence-corrected chi connectivity index (χ0v) is 12.2. The fraction of sp³-hybridized carbons (Fsp3) is 0.533. The number of halogens is 1. The van der Waals surface area contributed by atoms with E-state index in [1.807, 2.05) is 4.90 Å². The molecule has 0 spiro atoms. The second-order valence-electron chi connectivity index (χ2n) is 5.62. The molecular weight excluding hydrogens is 262 g/mol. The van der Waals surface area contributed by atoms with Crippen molar-refractivity contribution >= 4 is 17.5 Å². The Morgan fingerprint density at radius 2 is 2.05 bits per heavy atom. The van der Waals surface area contributed by atoms with Gasteiger partial charge in [0.05, 0.1) is 10.6 Å². The highest BCUT2D eigenvalue weighted by Crippen LogP contribution is 2.35. The Morgan fingerprint density at radius 1 is 1.42 bits per heavy atom. The first-order valence-electron chi connectivity index (χ1n) is 6.73. The Morgan fingerprint density at radius 3 is 2.63 bits per heavy atom. The normalized spacial score (nSPS) is 18.4. The van der Waals surface area contributed by atoms with Crippen LogP contribution in [0.2, 0.25) is 5.02 Å². The van der Waals surface area contributed by atoms with Gasteiger partial charge in [-0.2, -0.15) is 0 Å². The lowest BCUT2D eigenvalue weighted by Crippen LogP contribution is -2.42. The smallest absolute Gasteiger partial charge is 0.255 e. The van der Waals surface area contributed by atoms with Crippen molar-refractivity contribution in [3.63, 3.8) is 0 Å². The summed E-state index contributed by atoms with van der Waals surface area (Å²) in [6.07, 6.45) is 3.18. The lowest BCUT2D eigenvalue weighted by molar-refractivity contribution is 0.0600. The minimum Gasteiger partial charge on any atom is -0.508 e. The van der Waals surface area contributed by atoms with E-state index < -0.39 is 0 Å². The number of benzene rings is 1. The number of carbonyl (C=O) groups excluding carboxylic acids is 1. The van der Waals surface area contributed by atoms with Crippen LogP contribution in [0.25, 0.3) is 0 Å². The lowest BCUT2D eigenvalue weighted by atomic mass is 9.78. The second-order valence-corrected chi connectivity index (χ2v) is 6.03. The Kier molecular flexibility index (Phi) is 4.04. The van der Waals surface area contributed by atoms with E-state index in [0.29, 0.717) is 16.0 Å². The molecule has 3 nitrogen and oxygen atoms in total. The van der Waals surface area contributed by atoms with Crippen LogP contribution < -0.4 is 0 Å². The molecule has 0 aliphatic carbocycles. The van der Waals surface area contributed by atoms with E-state index in [-0.39, 0.29) is 11.7 Å². The van der Waals surface area contributed by atoms with Gasteiger partial charge in [0.1, 0.15) is 5.75 Å². The molecular formula is C15H20ClNO2. The summed E-state index contributed by atoms with van der Waals surface area (Å²) in [5, 5.41) is 9.87. The van der Waals surface area contributed by atoms with E-state index in [0.717, 1.165) is 32.4 Å². The average molecular weight is 282 g/mol. The van der Waals surface area contributed by atoms with Crippen molar-refractivity contribution in [1.29, 1.82) is 0 Å². The first-order valence-corrected chi connectivity index (χ1v) is 7.11. The molecule has 1 saturated heterocycles. The molecule has 4 heteroatoms. The van der Waals surface area contributed by atoms with Gasteiger partial charge < -0.3 is 10.0 Å². The Hall–Kier alpha value is -1.22. The summed E-state index contributed by atoms with van der Waals surface area (Å²) < 4.78 is 0. The van der Waals surface area contributed by atoms with Gasteiger partial charge in [-0.3, -0.25) is 4.79 Å². The number of piperidine rings is 1. The molecule has 0 aromatic heterocycles. The minimum absolute atomic E-state index is 0.0724. The van der Waals surface area contributed by atoms with Crippen molar-refractivity contribution in [3.8, 4) is 5.75 Å². The van der Waals surface area contributed by atoms with Gasteiger partial charge in [0.2, 0.25) is 0 Å². The third-order valence-electron chi connectivity index (χ3n) is 4.29. The third kappa shape index (κ3) is 3.03. The minimum atomic E-state index is -0.0842. The van der Waals surface area contributed by atoms with Crippen LogP contribution in [-0.2, 0) is 0 Å². The monoisotopic (exact) mass is 281 g/mol. The van der Waals surface area contributed by atoms with Gasteiger partial charge in [-0.1, -0.05) is 31.9 Å². The number of aromatic hydroxyl groups is 1. The van der Waals surface area contributed by atoms with E-state index in [9.17, 15) is 9.90 Å². The van der Waals surface area contributed by atoms with Gasteiger partial charge in [-0.25, -0.2) is 0 Å². The van der Waals surface area contributed by atoms with Gasteiger partial charge in [-0.15, -0.1) is 0 Å². The molecule has 1 aromatic rings. The summed E-state index contributed by atoms with van der Waals surface area (Å²) in [6.45, 7) is 5.99. The zero-order valence-electron chi connectivity index (χ0n) is 11.4. The summed E-state index contributed by atoms with van der Waals surface area (Å²) in [5.74, 6) is -0.0118. The number of carbonyl (C=O) groups is 1. The number of nitrogens with zero attached hydrogens (tertiary/aromatic N) is 1. The maximum atomic E-state index is 12.4. The van der Waals surface area contributed by atoms with Crippen molar-refractivity contribution in [1.82, 2.24) is 4.90 Å². The highest BCUT2D eigenvalue weighted by Gasteiger charge is 2.31. The fourth-order valence-corrected chi connectivity index (χ4v) is 2.65. The molecule has 1 fully saturated rings. The quantitative estimate of drug-likeness (QED) is 0.898. The molecule has 1 aromatic carbocycles. The molecule has 0 unspecified atom stereocenters. The van der Waals surface area contributed by atoms with Crippen molar-refractivity contribution in [2.24, 2.45) is 5.41 Å². The van der Waals surface area contributed by atoms with Crippen LogP contribution in [0.5, 0.6) is 5.75 Å². The van der Waals surface area contributed by atoms with Crippen LogP contribution in [0.1, 0.15) is 43.5 Å². The molecule has 1 aliphatic heterocycles. The average Bonchev–Trinajstić information content (AvgIpc) is 2.42. The number of rotatable bonds is 2. The first kappa shape index (κ1) is 14.2. The van der Waals surface area contributed by atoms with Crippen molar-refractivity contribution in [2.75, 3.05) is 13.1 Å². The van der Waals surface area contributed by atoms with Crippen LogP contribution in [0, 0.1) is 5.41 Å². The van der Waals surface area contributed by atoms with Crippen LogP contribution in [0.15, 0.2) is 18.2 Å². The summed E-state index contributed by atoms with van der Waals surface area (Å²) in [4.78, 5) is 14.2. The highest BCUT2D eigenvalue weighted by molar-refractivity contribution is 6.33. The van der Waals surface area contributed by atoms with Gasteiger partial charge in [0.25, 0.3) is 5.91 Å². The fourth-order valence-electron chi connectivity index (χ4n) is 2.45. The molecule has 1 amide bonds. The van der Waals surface area contributed by atoms with Crippen LogP contribution >= 0.6 is 11.6 Å². The van der Waals surface area contributed by atoms with Gasteiger partial charge in [-0.05, 0) is 36.5 Å². The largest absolute Gasteiger partial charge is 0.508 e. The Bertz CT molecular complexity index is 479.